The fraction of sp³-hybridized carbons (Fsp3) is 0.451. The van der Waals surface area contributed by atoms with E-state index in [0.717, 1.165) is 193 Å². The van der Waals surface area contributed by atoms with Crippen molar-refractivity contribution < 1.29 is 37.6 Å². The third-order valence-corrected chi connectivity index (χ3v) is 15.5. The van der Waals surface area contributed by atoms with Gasteiger partial charge in [0.2, 0.25) is 0 Å². The summed E-state index contributed by atoms with van der Waals surface area (Å²) in [5.41, 5.74) is 5.40. The van der Waals surface area contributed by atoms with Gasteiger partial charge < -0.3 is 20.1 Å². The number of carbonyl (C=O) groups excluding carboxylic acids is 2. The zero-order valence-electron chi connectivity index (χ0n) is 62.5. The molecule has 0 rings (SSSR count). The Morgan fingerprint density at radius 2 is 0.515 bits per heavy atom. The molecule has 3 N–H and O–H groups in total. The number of hydrogen-bond acceptors (Lipinski definition) is 8. The van der Waals surface area contributed by atoms with Gasteiger partial charge in [0.25, 0.3) is 0 Å². The third-order valence-electron chi connectivity index (χ3n) is 14.5. The van der Waals surface area contributed by atoms with E-state index < -0.39 is 32.5 Å². The molecule has 2 atom stereocenters. The molecule has 0 amide bonds. The highest BCUT2D eigenvalue weighted by molar-refractivity contribution is 7.47. The summed E-state index contributed by atoms with van der Waals surface area (Å²) < 4.78 is 33.1. The van der Waals surface area contributed by atoms with Gasteiger partial charge in [-0.3, -0.25) is 18.6 Å². The van der Waals surface area contributed by atoms with Crippen molar-refractivity contribution in [3.63, 3.8) is 0 Å². The van der Waals surface area contributed by atoms with Gasteiger partial charge in [-0.1, -0.05) is 318 Å². The van der Waals surface area contributed by atoms with Crippen LogP contribution in [0.5, 0.6) is 0 Å². The average Bonchev–Trinajstić information content (AvgIpc) is 1.04. The number of rotatable bonds is 67. The predicted molar refractivity (Wildman–Crippen MR) is 439 cm³/mol. The largest absolute Gasteiger partial charge is 0.472 e. The fourth-order valence-electron chi connectivity index (χ4n) is 8.95. The van der Waals surface area contributed by atoms with Crippen LogP contribution in [0.4, 0.5) is 0 Å². The molecule has 0 aliphatic rings. The highest BCUT2D eigenvalue weighted by atomic mass is 31.2. The quantitative estimate of drug-likeness (QED) is 0.0264. The Balaban J connectivity index is 4.13. The molecule has 0 fully saturated rings. The number of phosphoric ester groups is 1. The van der Waals surface area contributed by atoms with Gasteiger partial charge in [-0.25, -0.2) is 4.57 Å². The van der Waals surface area contributed by atoms with E-state index in [0.29, 0.717) is 12.8 Å². The predicted octanol–water partition coefficient (Wildman–Crippen LogP) is 26.2. The lowest BCUT2D eigenvalue weighted by Crippen LogP contribution is -2.29. The van der Waals surface area contributed by atoms with Crippen LogP contribution in [0.1, 0.15) is 232 Å². The number of esters is 2. The molecule has 101 heavy (non-hydrogen) atoms. The van der Waals surface area contributed by atoms with E-state index in [-0.39, 0.29) is 32.6 Å². The van der Waals surface area contributed by atoms with Crippen molar-refractivity contribution in [3.05, 3.63) is 292 Å². The van der Waals surface area contributed by atoms with Gasteiger partial charge in [0.05, 0.1) is 13.2 Å². The van der Waals surface area contributed by atoms with Crippen LogP contribution in [-0.4, -0.2) is 49.3 Å². The van der Waals surface area contributed by atoms with Crippen LogP contribution >= 0.6 is 7.82 Å². The summed E-state index contributed by atoms with van der Waals surface area (Å²) >= 11 is 0. The maximum atomic E-state index is 12.8. The lowest BCUT2D eigenvalue weighted by atomic mass is 10.1. The Kier molecular flexibility index (Phi) is 75.9. The van der Waals surface area contributed by atoms with Gasteiger partial charge in [0, 0.05) is 19.4 Å². The Morgan fingerprint density at radius 1 is 0.297 bits per heavy atom. The van der Waals surface area contributed by atoms with E-state index in [1.54, 1.807) is 0 Å². The van der Waals surface area contributed by atoms with Crippen molar-refractivity contribution in [1.29, 1.82) is 0 Å². The molecule has 0 bridgehead atoms. The van der Waals surface area contributed by atoms with E-state index in [2.05, 4.69) is 305 Å². The van der Waals surface area contributed by atoms with Crippen LogP contribution in [0.25, 0.3) is 0 Å². The Bertz CT molecular complexity index is 2770. The maximum absolute atomic E-state index is 12.8. The molecule has 0 saturated heterocycles. The van der Waals surface area contributed by atoms with Crippen molar-refractivity contribution in [2.45, 2.75) is 238 Å². The first-order valence-corrected chi connectivity index (χ1v) is 39.6. The van der Waals surface area contributed by atoms with Crippen LogP contribution in [0.15, 0.2) is 292 Å². The molecule has 0 aromatic carbocycles. The third kappa shape index (κ3) is 81.6. The first-order valence-electron chi connectivity index (χ1n) is 38.1. The molecule has 0 aliphatic heterocycles. The zero-order valence-corrected chi connectivity index (χ0v) is 63.4. The molecule has 2 unspecified atom stereocenters. The number of phosphoric acid groups is 1. The highest BCUT2D eigenvalue weighted by Crippen LogP contribution is 2.43. The minimum absolute atomic E-state index is 0.0264. The molecular weight excluding hydrogens is 1270 g/mol. The van der Waals surface area contributed by atoms with Crippen LogP contribution < -0.4 is 5.73 Å². The number of nitrogens with two attached hydrogens (primary N) is 1. The standard InChI is InChI=1S/C91H134NO8P/c1-3-5-7-9-11-13-15-17-19-21-23-25-27-29-31-33-35-37-39-41-43-44-46-48-50-52-54-56-58-60-62-64-66-68-70-72-74-76-78-80-82-84-91(94)100-89(88-99-101(95,96)98-86-85-92)87-97-90(93)83-81-79-77-75-73-71-69-67-65-63-61-59-57-55-53-51-49-47-45-42-40-38-36-34-32-30-28-26-24-22-20-18-16-14-12-10-8-6-4-2/h5-8,11-14,17-20,23-26,29-32,35-38,41-43,45-46,48-49,51-52,54-55,57-58,60-61,63-64,66-67,69-70,72-73,75,89H,3-4,9-10,15-16,21-22,27-28,33-34,39-40,44,47,50,53,56,59,62,65,68,71,74,76-88,92H2,1-2H3,(H,95,96)/b7-5-,8-6-,13-11-,14-12-,19-17-,20-18-,25-23-,26-24-,31-29-,32-30-,37-35-,38-36-,43-41-,45-42-,48-46-,51-49-,54-52-,57-55-,60-58-,63-61-,66-64-,69-67-,72-70-,75-73-. The average molecular weight is 1400 g/mol. The molecule has 0 aromatic rings. The minimum atomic E-state index is -4.44. The fourth-order valence-corrected chi connectivity index (χ4v) is 9.72. The second-order valence-electron chi connectivity index (χ2n) is 23.7. The summed E-state index contributed by atoms with van der Waals surface area (Å²) in [6, 6.07) is 0. The summed E-state index contributed by atoms with van der Waals surface area (Å²) in [5.74, 6) is -0.935. The minimum Gasteiger partial charge on any atom is -0.462 e. The molecule has 10 heteroatoms. The van der Waals surface area contributed by atoms with Crippen molar-refractivity contribution >= 4 is 19.8 Å². The van der Waals surface area contributed by atoms with Gasteiger partial charge in [-0.15, -0.1) is 0 Å². The monoisotopic (exact) mass is 1400 g/mol. The Morgan fingerprint density at radius 3 is 0.772 bits per heavy atom. The van der Waals surface area contributed by atoms with Crippen LogP contribution in [0.3, 0.4) is 0 Å². The van der Waals surface area contributed by atoms with E-state index in [4.69, 9.17) is 24.3 Å². The summed E-state index contributed by atoms with van der Waals surface area (Å²) in [5, 5.41) is 0. The second kappa shape index (κ2) is 81.7. The van der Waals surface area contributed by atoms with Crippen molar-refractivity contribution in [1.82, 2.24) is 0 Å². The van der Waals surface area contributed by atoms with Crippen molar-refractivity contribution in [2.75, 3.05) is 26.4 Å². The molecule has 0 aliphatic carbocycles. The summed E-state index contributed by atoms with van der Waals surface area (Å²) in [6.45, 7) is 3.39. The molecule has 0 heterocycles. The number of carbonyl (C=O) groups is 2. The lowest BCUT2D eigenvalue weighted by Gasteiger charge is -2.19. The summed E-state index contributed by atoms with van der Waals surface area (Å²) in [7, 11) is -4.44. The SMILES string of the molecule is CC/C=C\C/C=C\C/C=C\C/C=C\C/C=C\C/C=C\C/C=C\C/C=C\C/C=C\C/C=C\C/C=C\C/C=C\CCCCCCC(=O)OC(COC(=O)CCCC/C=C\C/C=C\C/C=C\C/C=C\C/C=C\C/C=C\C/C=C\C/C=C\C/C=C\C/C=C\C/C=C\C/C=C\CC)COP(=O)(O)OCCN. The smallest absolute Gasteiger partial charge is 0.462 e. The number of hydrogen-bond donors (Lipinski definition) is 2. The second-order valence-corrected chi connectivity index (χ2v) is 25.1. The van der Waals surface area contributed by atoms with Gasteiger partial charge in [0.1, 0.15) is 6.61 Å². The molecule has 0 spiro atoms. The molecule has 9 nitrogen and oxygen atoms in total. The van der Waals surface area contributed by atoms with Crippen molar-refractivity contribution in [2.24, 2.45) is 5.73 Å². The molecule has 0 radical (unpaired) electrons. The molecule has 0 saturated carbocycles. The van der Waals surface area contributed by atoms with E-state index in [1.165, 1.54) is 0 Å². The van der Waals surface area contributed by atoms with E-state index in [9.17, 15) is 19.0 Å². The topological polar surface area (TPSA) is 134 Å². The van der Waals surface area contributed by atoms with Crippen LogP contribution in [-0.2, 0) is 32.7 Å². The normalized spacial score (nSPS) is 14.5. The van der Waals surface area contributed by atoms with Gasteiger partial charge in [-0.2, -0.15) is 0 Å². The Labute approximate surface area is 615 Å². The van der Waals surface area contributed by atoms with E-state index in [1.807, 2.05) is 0 Å². The van der Waals surface area contributed by atoms with Gasteiger partial charge in [-0.05, 0) is 193 Å². The Hall–Kier alpha value is -7.23. The summed E-state index contributed by atoms with van der Waals surface area (Å²) in [4.78, 5) is 35.4. The van der Waals surface area contributed by atoms with E-state index >= 15 is 0 Å². The van der Waals surface area contributed by atoms with Gasteiger partial charge in [0.15, 0.2) is 6.10 Å². The summed E-state index contributed by atoms with van der Waals surface area (Å²) in [6.07, 6.45) is 136. The number of ether oxygens (including phenoxy) is 2. The number of unbranched alkanes of at least 4 members (excludes halogenated alkanes) is 6. The molecule has 556 valence electrons. The van der Waals surface area contributed by atoms with Crippen LogP contribution in [0.2, 0.25) is 0 Å². The number of allylic oxidation sites excluding steroid dienone is 48. The molecule has 0 aromatic heterocycles. The zero-order chi connectivity index (χ0) is 72.9. The maximum Gasteiger partial charge on any atom is 0.472 e. The highest BCUT2D eigenvalue weighted by Gasteiger charge is 2.26. The van der Waals surface area contributed by atoms with Crippen LogP contribution in [0, 0.1) is 0 Å². The molecular formula is C91H134NO8P. The lowest BCUT2D eigenvalue weighted by molar-refractivity contribution is -0.161. The van der Waals surface area contributed by atoms with Crippen molar-refractivity contribution in [3.8, 4) is 0 Å². The first-order chi connectivity index (χ1) is 49.8. The van der Waals surface area contributed by atoms with Gasteiger partial charge >= 0.3 is 19.8 Å². The first kappa shape index (κ1) is 93.8.